The molecule has 0 saturated heterocycles. The number of carbonyl (C=O) groups is 2. The first-order valence-electron chi connectivity index (χ1n) is 12.0. The molecule has 7 heteroatoms. The van der Waals surface area contributed by atoms with Crippen LogP contribution in [0, 0.1) is 6.92 Å². The zero-order chi connectivity index (χ0) is 24.5. The maximum atomic E-state index is 13.4. The van der Waals surface area contributed by atoms with E-state index in [-0.39, 0.29) is 17.9 Å². The largest absolute Gasteiger partial charge is 0.352 e. The summed E-state index contributed by atoms with van der Waals surface area (Å²) in [6.07, 6.45) is 6.08. The predicted octanol–water partition coefficient (Wildman–Crippen LogP) is 6.79. The third-order valence-corrected chi connectivity index (χ3v) is 8.12. The van der Waals surface area contributed by atoms with Crippen molar-refractivity contribution >= 4 is 46.8 Å². The maximum absolute atomic E-state index is 13.4. The van der Waals surface area contributed by atoms with Gasteiger partial charge in [0.05, 0.1) is 15.8 Å². The highest BCUT2D eigenvalue weighted by molar-refractivity contribution is 7.99. The van der Waals surface area contributed by atoms with Crippen LogP contribution in [0.3, 0.4) is 0 Å². The quantitative estimate of drug-likeness (QED) is 0.375. The molecular weight excluding hydrogens is 487 g/mol. The predicted molar refractivity (Wildman–Crippen MR) is 143 cm³/mol. The van der Waals surface area contributed by atoms with Crippen molar-refractivity contribution in [2.24, 2.45) is 0 Å². The topological polar surface area (TPSA) is 49.4 Å². The van der Waals surface area contributed by atoms with E-state index in [1.807, 2.05) is 25.1 Å². The average Bonchev–Trinajstić information content (AvgIpc) is 2.83. The monoisotopic (exact) mass is 520 g/mol. The van der Waals surface area contributed by atoms with Gasteiger partial charge in [0.25, 0.3) is 0 Å². The number of hydrogen-bond donors (Lipinski definition) is 1. The fourth-order valence-electron chi connectivity index (χ4n) is 4.40. The van der Waals surface area contributed by atoms with Crippen LogP contribution in [-0.2, 0) is 21.9 Å². The zero-order valence-corrected chi connectivity index (χ0v) is 22.3. The van der Waals surface area contributed by atoms with Gasteiger partial charge in [-0.1, -0.05) is 79.7 Å². The molecule has 1 N–H and O–H groups in total. The van der Waals surface area contributed by atoms with E-state index in [4.69, 9.17) is 23.2 Å². The van der Waals surface area contributed by atoms with Crippen LogP contribution in [0.5, 0.6) is 0 Å². The van der Waals surface area contributed by atoms with Gasteiger partial charge in [-0.25, -0.2) is 0 Å². The number of aryl methyl sites for hydroxylation is 1. The van der Waals surface area contributed by atoms with E-state index in [0.717, 1.165) is 37.0 Å². The molecule has 0 bridgehead atoms. The highest BCUT2D eigenvalue weighted by atomic mass is 35.5. The van der Waals surface area contributed by atoms with Crippen LogP contribution in [0.25, 0.3) is 0 Å². The molecule has 1 fully saturated rings. The van der Waals surface area contributed by atoms with Crippen molar-refractivity contribution in [3.63, 3.8) is 0 Å². The van der Waals surface area contributed by atoms with E-state index in [0.29, 0.717) is 28.8 Å². The Bertz CT molecular complexity index is 979. The Kier molecular flexibility index (Phi) is 10.6. The minimum atomic E-state index is -0.525. The summed E-state index contributed by atoms with van der Waals surface area (Å²) in [7, 11) is 0. The minimum Gasteiger partial charge on any atom is -0.352 e. The highest BCUT2D eigenvalue weighted by Gasteiger charge is 2.30. The van der Waals surface area contributed by atoms with Gasteiger partial charge < -0.3 is 10.2 Å². The second-order valence-electron chi connectivity index (χ2n) is 8.96. The lowest BCUT2D eigenvalue weighted by molar-refractivity contribution is -0.139. The Morgan fingerprint density at radius 2 is 1.82 bits per heavy atom. The van der Waals surface area contributed by atoms with Crippen LogP contribution in [0.4, 0.5) is 0 Å². The number of benzene rings is 2. The van der Waals surface area contributed by atoms with Crippen molar-refractivity contribution in [1.29, 1.82) is 0 Å². The zero-order valence-electron chi connectivity index (χ0n) is 20.0. The van der Waals surface area contributed by atoms with Gasteiger partial charge in [0.1, 0.15) is 6.04 Å². The summed E-state index contributed by atoms with van der Waals surface area (Å²) in [4.78, 5) is 28.4. The summed E-state index contributed by atoms with van der Waals surface area (Å²) >= 11 is 13.9. The van der Waals surface area contributed by atoms with Crippen LogP contribution in [0.2, 0.25) is 10.0 Å². The van der Waals surface area contributed by atoms with Gasteiger partial charge in [-0.2, -0.15) is 0 Å². The van der Waals surface area contributed by atoms with E-state index in [9.17, 15) is 9.59 Å². The second-order valence-corrected chi connectivity index (χ2v) is 10.8. The first-order valence-corrected chi connectivity index (χ1v) is 14.0. The summed E-state index contributed by atoms with van der Waals surface area (Å²) in [5.41, 5.74) is 3.29. The number of thioether (sulfide) groups is 1. The molecule has 2 amide bonds. The third-order valence-electron chi connectivity index (χ3n) is 6.42. The van der Waals surface area contributed by atoms with E-state index in [2.05, 4.69) is 24.4 Å². The van der Waals surface area contributed by atoms with Crippen molar-refractivity contribution in [3.8, 4) is 0 Å². The van der Waals surface area contributed by atoms with Crippen LogP contribution in [-0.4, -0.2) is 34.6 Å². The lowest BCUT2D eigenvalue weighted by Gasteiger charge is -2.33. The first kappa shape index (κ1) is 26.9. The molecule has 4 nitrogen and oxygen atoms in total. The Morgan fingerprint density at radius 1 is 1.09 bits per heavy atom. The number of carbonyl (C=O) groups excluding carboxylic acids is 2. The van der Waals surface area contributed by atoms with E-state index < -0.39 is 6.04 Å². The molecule has 2 aromatic rings. The Balaban J connectivity index is 1.73. The van der Waals surface area contributed by atoms with Crippen LogP contribution in [0.15, 0.2) is 42.5 Å². The number of amides is 2. The summed E-state index contributed by atoms with van der Waals surface area (Å²) in [6, 6.07) is 13.3. The van der Waals surface area contributed by atoms with Crippen LogP contribution >= 0.6 is 35.0 Å². The summed E-state index contributed by atoms with van der Waals surface area (Å²) in [5, 5.41) is 4.13. The van der Waals surface area contributed by atoms with Crippen molar-refractivity contribution in [2.75, 3.05) is 5.75 Å². The standard InChI is InChI=1S/C27H34Cl2N2O2S/c1-3-25(27(33)30-22-11-5-4-6-12-22)31(16-20-13-14-23(28)24(29)15-20)26(32)18-34-17-21-10-8-7-9-19(21)2/h7-10,13-15,22,25H,3-6,11-12,16-18H2,1-2H3,(H,30,33)/t25-/m1/s1. The second kappa shape index (κ2) is 13.4. The van der Waals surface area contributed by atoms with Crippen molar-refractivity contribution < 1.29 is 9.59 Å². The van der Waals surface area contributed by atoms with Gasteiger partial charge in [-0.15, -0.1) is 11.8 Å². The first-order chi connectivity index (χ1) is 16.4. The summed E-state index contributed by atoms with van der Waals surface area (Å²) < 4.78 is 0. The number of hydrogen-bond acceptors (Lipinski definition) is 3. The highest BCUT2D eigenvalue weighted by Crippen LogP contribution is 2.25. The summed E-state index contributed by atoms with van der Waals surface area (Å²) in [6.45, 7) is 4.36. The van der Waals surface area contributed by atoms with Gasteiger partial charge in [0.2, 0.25) is 11.8 Å². The number of rotatable bonds is 10. The molecule has 0 aliphatic heterocycles. The Labute approximate surface area is 217 Å². The van der Waals surface area contributed by atoms with Gasteiger partial charge in [-0.3, -0.25) is 9.59 Å². The lowest BCUT2D eigenvalue weighted by atomic mass is 9.95. The molecule has 1 saturated carbocycles. The summed E-state index contributed by atoms with van der Waals surface area (Å²) in [5.74, 6) is 0.953. The molecule has 0 unspecified atom stereocenters. The smallest absolute Gasteiger partial charge is 0.243 e. The van der Waals surface area contributed by atoms with E-state index >= 15 is 0 Å². The van der Waals surface area contributed by atoms with Crippen molar-refractivity contribution in [3.05, 3.63) is 69.2 Å². The van der Waals surface area contributed by atoms with Crippen molar-refractivity contribution in [2.45, 2.75) is 76.8 Å². The molecule has 3 rings (SSSR count). The number of nitrogens with one attached hydrogen (secondary N) is 1. The van der Waals surface area contributed by atoms with E-state index in [1.165, 1.54) is 17.5 Å². The normalized spacial score (nSPS) is 15.1. The molecule has 0 radical (unpaired) electrons. The molecule has 2 aromatic carbocycles. The van der Waals surface area contributed by atoms with Crippen LogP contribution in [0.1, 0.15) is 62.1 Å². The molecule has 0 heterocycles. The molecular formula is C27H34Cl2N2O2S. The molecule has 34 heavy (non-hydrogen) atoms. The lowest BCUT2D eigenvalue weighted by Crippen LogP contribution is -2.52. The SMILES string of the molecule is CC[C@H](C(=O)NC1CCCCC1)N(Cc1ccc(Cl)c(Cl)c1)C(=O)CSCc1ccccc1C. The minimum absolute atomic E-state index is 0.0460. The third kappa shape index (κ3) is 7.66. The Hall–Kier alpha value is -1.69. The average molecular weight is 522 g/mol. The molecule has 1 aliphatic carbocycles. The fraction of sp³-hybridized carbons (Fsp3) is 0.481. The molecule has 0 spiro atoms. The molecule has 184 valence electrons. The van der Waals surface area contributed by atoms with Gasteiger partial charge >= 0.3 is 0 Å². The molecule has 1 aliphatic rings. The van der Waals surface area contributed by atoms with Crippen LogP contribution < -0.4 is 5.32 Å². The van der Waals surface area contributed by atoms with Gasteiger partial charge in [0.15, 0.2) is 0 Å². The maximum Gasteiger partial charge on any atom is 0.243 e. The van der Waals surface area contributed by atoms with E-state index in [1.54, 1.807) is 28.8 Å². The number of halogens is 2. The van der Waals surface area contributed by atoms with Gasteiger partial charge in [0, 0.05) is 18.3 Å². The van der Waals surface area contributed by atoms with Gasteiger partial charge in [-0.05, 0) is 55.0 Å². The van der Waals surface area contributed by atoms with Crippen molar-refractivity contribution in [1.82, 2.24) is 10.2 Å². The fourth-order valence-corrected chi connectivity index (χ4v) is 5.71. The number of nitrogens with zero attached hydrogens (tertiary/aromatic N) is 1. The Morgan fingerprint density at radius 3 is 2.50 bits per heavy atom. The molecule has 0 aromatic heterocycles. The molecule has 1 atom stereocenters.